The van der Waals surface area contributed by atoms with Gasteiger partial charge in [0.05, 0.1) is 0 Å². The van der Waals surface area contributed by atoms with E-state index in [9.17, 15) is 10.2 Å². The van der Waals surface area contributed by atoms with Crippen molar-refractivity contribution in [1.29, 1.82) is 0 Å². The van der Waals surface area contributed by atoms with Crippen molar-refractivity contribution in [2.75, 3.05) is 0 Å². The summed E-state index contributed by atoms with van der Waals surface area (Å²) in [5, 5.41) is 22.8. The summed E-state index contributed by atoms with van der Waals surface area (Å²) < 4.78 is 0. The third-order valence-electron chi connectivity index (χ3n) is 3.66. The second-order valence-corrected chi connectivity index (χ2v) is 5.42. The largest absolute Gasteiger partial charge is 0.508 e. The summed E-state index contributed by atoms with van der Waals surface area (Å²) in [5.74, 6) is 0.177. The molecule has 2 aromatic carbocycles. The highest BCUT2D eigenvalue weighted by Gasteiger charge is 2.15. The Morgan fingerprint density at radius 3 is 2.14 bits per heavy atom. The zero-order valence-corrected chi connectivity index (χ0v) is 12.6. The van der Waals surface area contributed by atoms with Crippen molar-refractivity contribution in [2.45, 2.75) is 38.8 Å². The van der Waals surface area contributed by atoms with E-state index in [0.717, 1.165) is 18.4 Å². The molecule has 3 N–H and O–H groups in total. The molecular formula is C18H23NO2. The van der Waals surface area contributed by atoms with Gasteiger partial charge in [-0.25, -0.2) is 0 Å². The fourth-order valence-corrected chi connectivity index (χ4v) is 2.59. The third kappa shape index (κ3) is 4.23. The maximum Gasteiger partial charge on any atom is 0.119 e. The van der Waals surface area contributed by atoms with E-state index in [0.29, 0.717) is 0 Å². The molecule has 3 nitrogen and oxygen atoms in total. The molecule has 0 aliphatic rings. The van der Waals surface area contributed by atoms with Gasteiger partial charge in [-0.3, -0.25) is 0 Å². The number of phenolic OH excluding ortho intramolecular Hbond substituents is 2. The first-order valence-electron chi connectivity index (χ1n) is 7.44. The van der Waals surface area contributed by atoms with Crippen LogP contribution < -0.4 is 5.32 Å². The van der Waals surface area contributed by atoms with Crippen LogP contribution in [0.15, 0.2) is 48.5 Å². The molecule has 0 aliphatic carbocycles. The lowest BCUT2D eigenvalue weighted by Gasteiger charge is -2.24. The molecule has 2 aromatic rings. The topological polar surface area (TPSA) is 52.5 Å². The summed E-state index contributed by atoms with van der Waals surface area (Å²) in [4.78, 5) is 0. The van der Waals surface area contributed by atoms with Crippen LogP contribution in [0.5, 0.6) is 11.5 Å². The summed E-state index contributed by atoms with van der Waals surface area (Å²) in [5.41, 5.74) is 2.14. The van der Waals surface area contributed by atoms with E-state index in [2.05, 4.69) is 24.4 Å². The van der Waals surface area contributed by atoms with Crippen LogP contribution in [0.25, 0.3) is 0 Å². The molecule has 112 valence electrons. The SMILES string of the molecule is CCCC(NC(C)c1cc(O)cc(O)c1)c1ccccc1. The highest BCUT2D eigenvalue weighted by molar-refractivity contribution is 5.38. The van der Waals surface area contributed by atoms with Gasteiger partial charge in [-0.1, -0.05) is 43.7 Å². The van der Waals surface area contributed by atoms with Gasteiger partial charge in [0.25, 0.3) is 0 Å². The van der Waals surface area contributed by atoms with Crippen LogP contribution in [-0.2, 0) is 0 Å². The van der Waals surface area contributed by atoms with Crippen molar-refractivity contribution in [1.82, 2.24) is 5.32 Å². The van der Waals surface area contributed by atoms with Crippen LogP contribution in [0, 0.1) is 0 Å². The molecule has 2 unspecified atom stereocenters. The van der Waals surface area contributed by atoms with Gasteiger partial charge in [-0.2, -0.15) is 0 Å². The Morgan fingerprint density at radius 2 is 1.57 bits per heavy atom. The fourth-order valence-electron chi connectivity index (χ4n) is 2.59. The van der Waals surface area contributed by atoms with Gasteiger partial charge in [0, 0.05) is 18.2 Å². The minimum Gasteiger partial charge on any atom is -0.508 e. The minimum absolute atomic E-state index is 0.0414. The van der Waals surface area contributed by atoms with E-state index in [-0.39, 0.29) is 23.6 Å². The second-order valence-electron chi connectivity index (χ2n) is 5.42. The van der Waals surface area contributed by atoms with E-state index in [4.69, 9.17) is 0 Å². The summed E-state index contributed by atoms with van der Waals surface area (Å²) in [6, 6.07) is 15.4. The Kier molecular flexibility index (Phi) is 5.23. The zero-order valence-electron chi connectivity index (χ0n) is 12.6. The number of phenols is 2. The molecule has 0 bridgehead atoms. The predicted octanol–water partition coefficient (Wildman–Crippen LogP) is 4.29. The van der Waals surface area contributed by atoms with E-state index < -0.39 is 0 Å². The fraction of sp³-hybridized carbons (Fsp3) is 0.333. The van der Waals surface area contributed by atoms with E-state index in [1.54, 1.807) is 12.1 Å². The Balaban J connectivity index is 2.16. The summed E-state index contributed by atoms with van der Waals surface area (Å²) in [7, 11) is 0. The standard InChI is InChI=1S/C18H23NO2/c1-3-7-18(14-8-5-4-6-9-14)19-13(2)15-10-16(20)12-17(21)11-15/h4-6,8-13,18-21H,3,7H2,1-2H3. The number of nitrogens with one attached hydrogen (secondary N) is 1. The van der Waals surface area contributed by atoms with E-state index >= 15 is 0 Å². The van der Waals surface area contributed by atoms with Crippen LogP contribution in [0.1, 0.15) is 49.9 Å². The van der Waals surface area contributed by atoms with Gasteiger partial charge in [-0.15, -0.1) is 0 Å². The maximum absolute atomic E-state index is 9.61. The normalized spacial score (nSPS) is 13.8. The highest BCUT2D eigenvalue weighted by atomic mass is 16.3. The monoisotopic (exact) mass is 285 g/mol. The van der Waals surface area contributed by atoms with E-state index in [1.165, 1.54) is 11.6 Å². The lowest BCUT2D eigenvalue weighted by molar-refractivity contribution is 0.426. The first kappa shape index (κ1) is 15.4. The van der Waals surface area contributed by atoms with Crippen LogP contribution >= 0.6 is 0 Å². The first-order chi connectivity index (χ1) is 10.1. The van der Waals surface area contributed by atoms with E-state index in [1.807, 2.05) is 25.1 Å². The maximum atomic E-state index is 9.61. The minimum atomic E-state index is 0.0414. The molecule has 0 saturated carbocycles. The number of benzene rings is 2. The first-order valence-corrected chi connectivity index (χ1v) is 7.44. The van der Waals surface area contributed by atoms with Crippen LogP contribution in [0.2, 0.25) is 0 Å². The Bertz CT molecular complexity index is 548. The smallest absolute Gasteiger partial charge is 0.119 e. The summed E-state index contributed by atoms with van der Waals surface area (Å²) in [6.45, 7) is 4.21. The summed E-state index contributed by atoms with van der Waals surface area (Å²) in [6.07, 6.45) is 2.13. The Morgan fingerprint density at radius 1 is 0.952 bits per heavy atom. The number of aromatic hydroxyl groups is 2. The highest BCUT2D eigenvalue weighted by Crippen LogP contribution is 2.28. The number of rotatable bonds is 6. The average molecular weight is 285 g/mol. The van der Waals surface area contributed by atoms with Crippen molar-refractivity contribution in [3.8, 4) is 11.5 Å². The summed E-state index contributed by atoms with van der Waals surface area (Å²) >= 11 is 0. The molecule has 0 saturated heterocycles. The Labute approximate surface area is 126 Å². The van der Waals surface area contributed by atoms with Gasteiger partial charge < -0.3 is 15.5 Å². The van der Waals surface area contributed by atoms with Crippen LogP contribution in [0.3, 0.4) is 0 Å². The van der Waals surface area contributed by atoms with Crippen LogP contribution in [0.4, 0.5) is 0 Å². The molecule has 21 heavy (non-hydrogen) atoms. The number of hydrogen-bond acceptors (Lipinski definition) is 3. The lowest BCUT2D eigenvalue weighted by atomic mass is 9.99. The molecule has 0 heterocycles. The van der Waals surface area contributed by atoms with Crippen molar-refractivity contribution < 1.29 is 10.2 Å². The molecule has 0 radical (unpaired) electrons. The Hall–Kier alpha value is -2.00. The van der Waals surface area contributed by atoms with Crippen molar-refractivity contribution in [2.24, 2.45) is 0 Å². The molecule has 0 fully saturated rings. The average Bonchev–Trinajstić information content (AvgIpc) is 2.46. The molecule has 2 rings (SSSR count). The zero-order chi connectivity index (χ0) is 15.2. The van der Waals surface area contributed by atoms with Gasteiger partial charge in [0.2, 0.25) is 0 Å². The van der Waals surface area contributed by atoms with Crippen molar-refractivity contribution in [3.05, 3.63) is 59.7 Å². The van der Waals surface area contributed by atoms with Crippen LogP contribution in [-0.4, -0.2) is 10.2 Å². The molecule has 0 spiro atoms. The van der Waals surface area contributed by atoms with Crippen molar-refractivity contribution >= 4 is 0 Å². The van der Waals surface area contributed by atoms with Gasteiger partial charge in [-0.05, 0) is 36.6 Å². The lowest BCUT2D eigenvalue weighted by Crippen LogP contribution is -2.24. The van der Waals surface area contributed by atoms with Crippen molar-refractivity contribution in [3.63, 3.8) is 0 Å². The molecule has 0 amide bonds. The number of hydrogen-bond donors (Lipinski definition) is 3. The molecule has 2 atom stereocenters. The molecular weight excluding hydrogens is 262 g/mol. The molecule has 0 aliphatic heterocycles. The van der Waals surface area contributed by atoms with Gasteiger partial charge >= 0.3 is 0 Å². The third-order valence-corrected chi connectivity index (χ3v) is 3.66. The van der Waals surface area contributed by atoms with Gasteiger partial charge in [0.1, 0.15) is 11.5 Å². The second kappa shape index (κ2) is 7.14. The predicted molar refractivity (Wildman–Crippen MR) is 85.4 cm³/mol. The molecule has 3 heteroatoms. The van der Waals surface area contributed by atoms with Gasteiger partial charge in [0.15, 0.2) is 0 Å². The quantitative estimate of drug-likeness (QED) is 0.742. The molecule has 0 aromatic heterocycles.